The lowest BCUT2D eigenvalue weighted by Gasteiger charge is -2.21. The Balaban J connectivity index is 3.86. The highest BCUT2D eigenvalue weighted by Gasteiger charge is 2.14. The van der Waals surface area contributed by atoms with E-state index in [9.17, 15) is 0 Å². The average Bonchev–Trinajstić information content (AvgIpc) is 1.59. The molecule has 0 unspecified atom stereocenters. The smallest absolute Gasteiger partial charge is 0.000785 e. The van der Waals surface area contributed by atoms with Gasteiger partial charge in [-0.15, -0.1) is 0 Å². The third-order valence-electron chi connectivity index (χ3n) is 1.45. The van der Waals surface area contributed by atoms with Crippen LogP contribution in [0.5, 0.6) is 0 Å². The lowest BCUT2D eigenvalue weighted by atomic mass is 9.84. The third kappa shape index (κ3) is 4.87. The fourth-order valence-electron chi connectivity index (χ4n) is 1.29. The fraction of sp³-hybridized carbons (Fsp3) is 0.778. The Labute approximate surface area is 69.3 Å². The monoisotopic (exact) mass is 160 g/mol. The van der Waals surface area contributed by atoms with E-state index >= 15 is 0 Å². The Hall–Kier alpha value is 0.0300. The minimum atomic E-state index is 0.260. The molecule has 0 aliphatic heterocycles. The Morgan fingerprint density at radius 1 is 1.40 bits per heavy atom. The van der Waals surface area contributed by atoms with E-state index in [2.05, 4.69) is 33.8 Å². The molecule has 0 aliphatic carbocycles. The molecule has 0 heterocycles. The molecule has 0 saturated heterocycles. The van der Waals surface area contributed by atoms with Crippen molar-refractivity contribution in [2.24, 2.45) is 11.3 Å². The van der Waals surface area contributed by atoms with Gasteiger partial charge in [-0.1, -0.05) is 45.4 Å². The van der Waals surface area contributed by atoms with Gasteiger partial charge in [0.05, 0.1) is 0 Å². The van der Waals surface area contributed by atoms with Gasteiger partial charge >= 0.3 is 0 Å². The topological polar surface area (TPSA) is 0 Å². The summed E-state index contributed by atoms with van der Waals surface area (Å²) < 4.78 is 0. The number of hydrogen-bond donors (Lipinski definition) is 0. The number of rotatable bonds is 3. The summed E-state index contributed by atoms with van der Waals surface area (Å²) in [6, 6.07) is 0. The molecule has 0 aromatic rings. The van der Waals surface area contributed by atoms with Crippen molar-refractivity contribution in [3.63, 3.8) is 0 Å². The van der Waals surface area contributed by atoms with Gasteiger partial charge in [0, 0.05) is 5.54 Å². The second-order valence-corrected chi connectivity index (χ2v) is 4.13. The van der Waals surface area contributed by atoms with Crippen LogP contribution >= 0.6 is 11.6 Å². The van der Waals surface area contributed by atoms with E-state index in [4.69, 9.17) is 11.6 Å². The molecule has 0 aromatic heterocycles. The maximum Gasteiger partial charge on any atom is 0.000785 e. The van der Waals surface area contributed by atoms with Gasteiger partial charge in [-0.25, -0.2) is 0 Å². The van der Waals surface area contributed by atoms with Gasteiger partial charge in [-0.3, -0.25) is 0 Å². The largest absolute Gasteiger partial charge is 0.0933 e. The summed E-state index contributed by atoms with van der Waals surface area (Å²) in [5.74, 6) is 0.739. The molecule has 0 aromatic carbocycles. The van der Waals surface area contributed by atoms with Gasteiger partial charge in [-0.2, -0.15) is 0 Å². The zero-order valence-corrected chi connectivity index (χ0v) is 8.07. The molecule has 0 fully saturated rings. The molecule has 0 rings (SSSR count). The van der Waals surface area contributed by atoms with Crippen molar-refractivity contribution in [2.45, 2.75) is 34.1 Å². The van der Waals surface area contributed by atoms with Gasteiger partial charge in [0.1, 0.15) is 0 Å². The Kier molecular flexibility index (Phi) is 4.04. The average molecular weight is 161 g/mol. The Morgan fingerprint density at radius 2 is 1.90 bits per heavy atom. The van der Waals surface area contributed by atoms with Crippen molar-refractivity contribution >= 4 is 11.6 Å². The summed E-state index contributed by atoms with van der Waals surface area (Å²) in [6.45, 7) is 8.85. The zero-order valence-electron chi connectivity index (χ0n) is 7.32. The molecule has 0 nitrogen and oxygen atoms in total. The molecule has 0 bridgehead atoms. The van der Waals surface area contributed by atoms with Gasteiger partial charge in [0.15, 0.2) is 0 Å². The molecular weight excluding hydrogens is 144 g/mol. The van der Waals surface area contributed by atoms with E-state index < -0.39 is 0 Å². The maximum atomic E-state index is 5.49. The van der Waals surface area contributed by atoms with Crippen LogP contribution in [-0.4, -0.2) is 0 Å². The van der Waals surface area contributed by atoms with E-state index in [-0.39, 0.29) is 5.41 Å². The van der Waals surface area contributed by atoms with E-state index in [1.165, 1.54) is 6.42 Å². The molecule has 0 aliphatic rings. The van der Waals surface area contributed by atoms with Crippen molar-refractivity contribution in [1.29, 1.82) is 0 Å². The molecule has 0 saturated carbocycles. The predicted octanol–water partition coefficient (Wildman–Crippen LogP) is 3.81. The number of hydrogen-bond acceptors (Lipinski definition) is 0. The van der Waals surface area contributed by atoms with Crippen molar-refractivity contribution < 1.29 is 0 Å². The molecule has 0 radical (unpaired) electrons. The van der Waals surface area contributed by atoms with Crippen LogP contribution in [0.2, 0.25) is 0 Å². The highest BCUT2D eigenvalue weighted by atomic mass is 35.5. The van der Waals surface area contributed by atoms with E-state index in [1.807, 2.05) is 0 Å². The van der Waals surface area contributed by atoms with Crippen molar-refractivity contribution in [2.75, 3.05) is 0 Å². The van der Waals surface area contributed by atoms with Gasteiger partial charge < -0.3 is 0 Å². The number of halogens is 1. The van der Waals surface area contributed by atoms with Gasteiger partial charge in [0.2, 0.25) is 0 Å². The first-order valence-corrected chi connectivity index (χ1v) is 4.19. The predicted molar refractivity (Wildman–Crippen MR) is 48.2 cm³/mol. The lowest BCUT2D eigenvalue weighted by Crippen LogP contribution is -2.10. The molecule has 60 valence electrons. The van der Waals surface area contributed by atoms with E-state index in [1.54, 1.807) is 5.54 Å². The lowest BCUT2D eigenvalue weighted by molar-refractivity contribution is 0.367. The SMILES string of the molecule is CC(C)CC(C)(C)C=CCl. The van der Waals surface area contributed by atoms with Crippen LogP contribution in [0.15, 0.2) is 11.6 Å². The maximum absolute atomic E-state index is 5.49. The summed E-state index contributed by atoms with van der Waals surface area (Å²) in [5.41, 5.74) is 1.87. The van der Waals surface area contributed by atoms with Crippen LogP contribution in [0, 0.1) is 11.3 Å². The highest BCUT2D eigenvalue weighted by Crippen LogP contribution is 2.26. The normalized spacial score (nSPS) is 13.4. The van der Waals surface area contributed by atoms with Gasteiger partial charge in [0.25, 0.3) is 0 Å². The second kappa shape index (κ2) is 4.02. The second-order valence-electron chi connectivity index (χ2n) is 3.88. The van der Waals surface area contributed by atoms with E-state index in [0.717, 1.165) is 5.92 Å². The highest BCUT2D eigenvalue weighted by molar-refractivity contribution is 6.25. The van der Waals surface area contributed by atoms with Crippen LogP contribution in [0.3, 0.4) is 0 Å². The summed E-state index contributed by atoms with van der Waals surface area (Å²) in [5, 5.41) is 0. The van der Waals surface area contributed by atoms with Crippen LogP contribution < -0.4 is 0 Å². The molecule has 0 spiro atoms. The number of allylic oxidation sites excluding steroid dienone is 1. The minimum Gasteiger partial charge on any atom is -0.0933 e. The quantitative estimate of drug-likeness (QED) is 0.589. The molecule has 0 atom stereocenters. The van der Waals surface area contributed by atoms with Crippen LogP contribution in [-0.2, 0) is 0 Å². The van der Waals surface area contributed by atoms with E-state index in [0.29, 0.717) is 0 Å². The summed E-state index contributed by atoms with van der Waals surface area (Å²) in [7, 11) is 0. The molecule has 1 heteroatoms. The molecule has 0 amide bonds. The fourth-order valence-corrected chi connectivity index (χ4v) is 1.63. The molecule has 0 N–H and O–H groups in total. The summed E-state index contributed by atoms with van der Waals surface area (Å²) >= 11 is 5.49. The Bertz CT molecular complexity index is 112. The molecular formula is C9H17Cl. The van der Waals surface area contributed by atoms with Gasteiger partial charge in [-0.05, 0) is 17.8 Å². The Morgan fingerprint density at radius 3 is 2.20 bits per heavy atom. The first-order chi connectivity index (χ1) is 4.48. The zero-order chi connectivity index (χ0) is 8.20. The third-order valence-corrected chi connectivity index (χ3v) is 1.57. The van der Waals surface area contributed by atoms with Crippen LogP contribution in [0.1, 0.15) is 34.1 Å². The van der Waals surface area contributed by atoms with Crippen LogP contribution in [0.4, 0.5) is 0 Å². The van der Waals surface area contributed by atoms with Crippen molar-refractivity contribution in [3.05, 3.63) is 11.6 Å². The standard InChI is InChI=1S/C9H17Cl/c1-8(2)7-9(3,4)5-6-10/h5-6,8H,7H2,1-4H3. The first-order valence-electron chi connectivity index (χ1n) is 3.76. The van der Waals surface area contributed by atoms with Crippen molar-refractivity contribution in [3.8, 4) is 0 Å². The molecule has 10 heavy (non-hydrogen) atoms. The summed E-state index contributed by atoms with van der Waals surface area (Å²) in [6.07, 6.45) is 3.24. The first kappa shape index (κ1) is 10.0. The van der Waals surface area contributed by atoms with Crippen LogP contribution in [0.25, 0.3) is 0 Å². The summed E-state index contributed by atoms with van der Waals surface area (Å²) in [4.78, 5) is 0. The van der Waals surface area contributed by atoms with Crippen molar-refractivity contribution in [1.82, 2.24) is 0 Å². The minimum absolute atomic E-state index is 0.260.